The Morgan fingerprint density at radius 1 is 0.745 bits per heavy atom. The van der Waals surface area contributed by atoms with E-state index in [0.717, 1.165) is 72.7 Å². The average molecular weight is 807 g/mol. The summed E-state index contributed by atoms with van der Waals surface area (Å²) < 4.78 is 8.72. The van der Waals surface area contributed by atoms with Gasteiger partial charge in [0.15, 0.2) is 0 Å². The maximum absolute atomic E-state index is 6.54. The first-order chi connectivity index (χ1) is 22.3. The summed E-state index contributed by atoms with van der Waals surface area (Å²) in [6, 6.07) is 43.4. The molecule has 4 aromatic heterocycles. The van der Waals surface area contributed by atoms with Crippen molar-refractivity contribution < 1.29 is 24.5 Å². The molecule has 0 aliphatic carbocycles. The standard InChI is InChI=1S/C29H26N3OSi.C11H8N.Ir/c1-18-16-25-27(19(2)30-18)32(20-10-7-6-8-11-20)29(31-25)24-13-9-12-23-22-15-14-21(34(3,4)5)17-26(22)33-28(23)24;1-2-6-10(7-3-1)11-8-4-5-9-12-11;/h6-12,14-17H,1-5H3;1-6,8-9H;/q2*-1;. The van der Waals surface area contributed by atoms with Crippen LogP contribution in [-0.2, 0) is 20.1 Å². The van der Waals surface area contributed by atoms with Gasteiger partial charge in [-0.2, -0.15) is 0 Å². The van der Waals surface area contributed by atoms with Crippen molar-refractivity contribution in [2.45, 2.75) is 33.5 Å². The van der Waals surface area contributed by atoms with Crippen molar-refractivity contribution in [1.82, 2.24) is 19.5 Å². The summed E-state index contributed by atoms with van der Waals surface area (Å²) >= 11 is 0. The summed E-state index contributed by atoms with van der Waals surface area (Å²) in [5.41, 5.74) is 9.49. The third-order valence-corrected chi connectivity index (χ3v) is 10.2. The van der Waals surface area contributed by atoms with E-state index in [2.05, 4.69) is 77.7 Å². The molecule has 0 spiro atoms. The van der Waals surface area contributed by atoms with Crippen molar-refractivity contribution in [2.75, 3.05) is 0 Å². The van der Waals surface area contributed by atoms with Gasteiger partial charge >= 0.3 is 0 Å². The van der Waals surface area contributed by atoms with Crippen LogP contribution in [-0.4, -0.2) is 27.6 Å². The predicted molar refractivity (Wildman–Crippen MR) is 191 cm³/mol. The van der Waals surface area contributed by atoms with E-state index in [1.165, 1.54) is 5.19 Å². The molecule has 1 radical (unpaired) electrons. The Morgan fingerprint density at radius 2 is 1.53 bits per heavy atom. The van der Waals surface area contributed by atoms with Crippen LogP contribution in [0.25, 0.3) is 61.3 Å². The predicted octanol–water partition coefficient (Wildman–Crippen LogP) is 9.50. The van der Waals surface area contributed by atoms with Crippen molar-refractivity contribution in [3.05, 3.63) is 139 Å². The largest absolute Gasteiger partial charge is 0.501 e. The normalized spacial score (nSPS) is 11.3. The van der Waals surface area contributed by atoms with E-state index in [9.17, 15) is 0 Å². The number of fused-ring (bicyclic) bond motifs is 4. The molecule has 4 aromatic carbocycles. The quantitative estimate of drug-likeness (QED) is 0.131. The molecule has 0 amide bonds. The number of para-hydroxylation sites is 1. The molecule has 7 heteroatoms. The SMILES string of the molecule is Cc1cc2nc(-c3[c-]ccc4c3oc3cc([Si](C)(C)C)ccc34)n(-c3ccccc3)c2c(C)n1.[Ir].[c-]1ccccc1-c1ccccn1. The summed E-state index contributed by atoms with van der Waals surface area (Å²) in [6.45, 7) is 11.1. The Bertz CT molecular complexity index is 2270. The second-order valence-electron chi connectivity index (χ2n) is 12.5. The summed E-state index contributed by atoms with van der Waals surface area (Å²) in [5.74, 6) is 0.812. The third-order valence-electron chi connectivity index (χ3n) is 8.12. The Hall–Kier alpha value is -4.68. The molecule has 0 saturated heterocycles. The van der Waals surface area contributed by atoms with Crippen LogP contribution in [0.15, 0.2) is 120 Å². The molecular weight excluding hydrogens is 773 g/mol. The number of aromatic nitrogens is 4. The number of pyridine rings is 2. The van der Waals surface area contributed by atoms with Crippen LogP contribution in [0.3, 0.4) is 0 Å². The van der Waals surface area contributed by atoms with Crippen molar-refractivity contribution in [3.8, 4) is 28.3 Å². The first kappa shape index (κ1) is 32.3. The smallest absolute Gasteiger partial charge is 0.120 e. The molecule has 0 N–H and O–H groups in total. The number of hydrogen-bond acceptors (Lipinski definition) is 4. The molecule has 0 aliphatic heterocycles. The van der Waals surface area contributed by atoms with Gasteiger partial charge < -0.3 is 14.0 Å². The van der Waals surface area contributed by atoms with E-state index in [0.29, 0.717) is 0 Å². The molecule has 0 saturated carbocycles. The van der Waals surface area contributed by atoms with E-state index in [4.69, 9.17) is 14.4 Å². The zero-order chi connectivity index (χ0) is 31.8. The first-order valence-electron chi connectivity index (χ1n) is 15.5. The maximum Gasteiger partial charge on any atom is 0.120 e. The van der Waals surface area contributed by atoms with Gasteiger partial charge in [0, 0.05) is 43.1 Å². The van der Waals surface area contributed by atoms with Crippen molar-refractivity contribution in [3.63, 3.8) is 0 Å². The van der Waals surface area contributed by atoms with Crippen LogP contribution in [0, 0.1) is 26.0 Å². The molecule has 235 valence electrons. The minimum atomic E-state index is -1.46. The van der Waals surface area contributed by atoms with E-state index in [1.807, 2.05) is 86.6 Å². The molecule has 5 nitrogen and oxygen atoms in total. The fraction of sp³-hybridized carbons (Fsp3) is 0.125. The molecule has 0 bridgehead atoms. The number of furan rings is 1. The van der Waals surface area contributed by atoms with E-state index in [1.54, 1.807) is 6.20 Å². The van der Waals surface area contributed by atoms with Crippen molar-refractivity contribution in [2.24, 2.45) is 0 Å². The summed E-state index contributed by atoms with van der Waals surface area (Å²) in [6.07, 6.45) is 1.79. The zero-order valence-electron chi connectivity index (χ0n) is 27.0. The Labute approximate surface area is 289 Å². The van der Waals surface area contributed by atoms with E-state index in [-0.39, 0.29) is 20.1 Å². The maximum atomic E-state index is 6.54. The second kappa shape index (κ2) is 13.2. The second-order valence-corrected chi connectivity index (χ2v) is 17.6. The van der Waals surface area contributed by atoms with Crippen LogP contribution >= 0.6 is 0 Å². The van der Waals surface area contributed by atoms with Gasteiger partial charge in [-0.15, -0.1) is 54.1 Å². The summed E-state index contributed by atoms with van der Waals surface area (Å²) in [5, 5.41) is 3.60. The average Bonchev–Trinajstić information content (AvgIpc) is 3.64. The summed E-state index contributed by atoms with van der Waals surface area (Å²) in [7, 11) is -1.46. The van der Waals surface area contributed by atoms with Crippen molar-refractivity contribution in [1.29, 1.82) is 0 Å². The number of nitrogens with zero attached hydrogens (tertiary/aromatic N) is 4. The molecular formula is C40H34IrN4OSi-2. The van der Waals surface area contributed by atoms with E-state index < -0.39 is 8.07 Å². The van der Waals surface area contributed by atoms with Gasteiger partial charge in [-0.25, -0.2) is 0 Å². The number of imidazole rings is 1. The van der Waals surface area contributed by atoms with Crippen LogP contribution < -0.4 is 5.19 Å². The van der Waals surface area contributed by atoms with Gasteiger partial charge in [-0.1, -0.05) is 78.2 Å². The van der Waals surface area contributed by atoms with Gasteiger partial charge in [0.2, 0.25) is 0 Å². The van der Waals surface area contributed by atoms with Crippen molar-refractivity contribution >= 4 is 46.2 Å². The van der Waals surface area contributed by atoms with Crippen LogP contribution in [0.4, 0.5) is 0 Å². The van der Waals surface area contributed by atoms with E-state index >= 15 is 0 Å². The number of hydrogen-bond donors (Lipinski definition) is 0. The molecule has 47 heavy (non-hydrogen) atoms. The third kappa shape index (κ3) is 6.35. The topological polar surface area (TPSA) is 56.7 Å². The molecule has 0 unspecified atom stereocenters. The molecule has 8 rings (SSSR count). The zero-order valence-corrected chi connectivity index (χ0v) is 30.4. The Balaban J connectivity index is 0.000000250. The summed E-state index contributed by atoms with van der Waals surface area (Å²) in [4.78, 5) is 14.0. The Kier molecular flexibility index (Phi) is 9.06. The Morgan fingerprint density at radius 3 is 2.26 bits per heavy atom. The molecule has 0 atom stereocenters. The van der Waals surface area contributed by atoms with Gasteiger partial charge in [0.05, 0.1) is 36.2 Å². The fourth-order valence-corrected chi connectivity index (χ4v) is 7.03. The minimum Gasteiger partial charge on any atom is -0.501 e. The monoisotopic (exact) mass is 807 g/mol. The molecule has 8 aromatic rings. The first-order valence-corrected chi connectivity index (χ1v) is 19.0. The fourth-order valence-electron chi connectivity index (χ4n) is 5.88. The van der Waals surface area contributed by atoms with Gasteiger partial charge in [0.1, 0.15) is 5.58 Å². The molecule has 4 heterocycles. The number of benzene rings is 4. The van der Waals surface area contributed by atoms with Gasteiger partial charge in [0.25, 0.3) is 0 Å². The minimum absolute atomic E-state index is 0. The van der Waals surface area contributed by atoms with Gasteiger partial charge in [-0.3, -0.25) is 9.97 Å². The van der Waals surface area contributed by atoms with Crippen LogP contribution in [0.5, 0.6) is 0 Å². The van der Waals surface area contributed by atoms with Gasteiger partial charge in [-0.05, 0) is 49.9 Å². The van der Waals surface area contributed by atoms with Crippen LogP contribution in [0.1, 0.15) is 11.4 Å². The molecule has 0 fully saturated rings. The van der Waals surface area contributed by atoms with Crippen LogP contribution in [0.2, 0.25) is 19.6 Å². The molecule has 0 aliphatic rings. The number of aryl methyl sites for hydroxylation is 2. The number of rotatable bonds is 4.